The van der Waals surface area contributed by atoms with Crippen molar-refractivity contribution < 1.29 is 24.2 Å². The van der Waals surface area contributed by atoms with Crippen molar-refractivity contribution in [2.45, 2.75) is 33.1 Å². The number of carboxylic acids is 1. The maximum absolute atomic E-state index is 12.7. The first-order valence-electron chi connectivity index (χ1n) is 11.8. The molecule has 2 aromatic carbocycles. The van der Waals surface area contributed by atoms with E-state index < -0.39 is 18.0 Å². The molecular formula is C27H34N2O5S. The Hall–Kier alpha value is -3.00. The normalized spacial score (nSPS) is 13.5. The first-order chi connectivity index (χ1) is 16.7. The smallest absolute Gasteiger partial charge is 0.407 e. The van der Waals surface area contributed by atoms with E-state index in [1.165, 1.54) is 22.9 Å². The molecule has 7 nitrogen and oxygen atoms in total. The Labute approximate surface area is 211 Å². The van der Waals surface area contributed by atoms with Crippen LogP contribution in [0, 0.1) is 11.3 Å². The number of hydrogen-bond acceptors (Lipinski definition) is 5. The number of hydrogen-bond donors (Lipinski definition) is 3. The first kappa shape index (κ1) is 26.6. The highest BCUT2D eigenvalue weighted by atomic mass is 32.2. The van der Waals surface area contributed by atoms with Crippen LogP contribution >= 0.6 is 11.8 Å². The van der Waals surface area contributed by atoms with E-state index >= 15 is 0 Å². The van der Waals surface area contributed by atoms with Crippen molar-refractivity contribution in [3.05, 3.63) is 59.7 Å². The molecule has 0 bridgehead atoms. The van der Waals surface area contributed by atoms with Crippen molar-refractivity contribution in [1.82, 2.24) is 10.6 Å². The Kier molecular flexibility index (Phi) is 9.20. The molecule has 0 fully saturated rings. The molecular weight excluding hydrogens is 464 g/mol. The number of amides is 2. The highest BCUT2D eigenvalue weighted by Gasteiger charge is 2.30. The van der Waals surface area contributed by atoms with E-state index in [-0.39, 0.29) is 36.1 Å². The van der Waals surface area contributed by atoms with Gasteiger partial charge in [-0.2, -0.15) is 0 Å². The van der Waals surface area contributed by atoms with Gasteiger partial charge in [-0.25, -0.2) is 4.79 Å². The molecule has 0 aromatic heterocycles. The van der Waals surface area contributed by atoms with Crippen LogP contribution in [0.4, 0.5) is 4.79 Å². The van der Waals surface area contributed by atoms with Crippen LogP contribution in [0.25, 0.3) is 11.1 Å². The fourth-order valence-corrected chi connectivity index (χ4v) is 4.97. The van der Waals surface area contributed by atoms with Crippen LogP contribution in [0.2, 0.25) is 0 Å². The molecule has 0 spiro atoms. The molecule has 3 rings (SSSR count). The molecule has 2 aromatic rings. The van der Waals surface area contributed by atoms with E-state index in [0.717, 1.165) is 11.1 Å². The van der Waals surface area contributed by atoms with Crippen molar-refractivity contribution in [2.75, 3.05) is 31.2 Å². The monoisotopic (exact) mass is 498 g/mol. The molecule has 8 heteroatoms. The van der Waals surface area contributed by atoms with Gasteiger partial charge in [-0.1, -0.05) is 69.3 Å². The van der Waals surface area contributed by atoms with Gasteiger partial charge in [0.1, 0.15) is 6.61 Å². The van der Waals surface area contributed by atoms with Crippen molar-refractivity contribution in [3.8, 4) is 11.1 Å². The number of benzene rings is 2. The minimum atomic E-state index is -0.876. The number of carboxylic acid groups (broad SMARTS) is 1. The summed E-state index contributed by atoms with van der Waals surface area (Å²) in [6.07, 6.45) is 0.0423. The van der Waals surface area contributed by atoms with Crippen molar-refractivity contribution in [1.29, 1.82) is 0 Å². The van der Waals surface area contributed by atoms with Gasteiger partial charge in [0.2, 0.25) is 5.91 Å². The van der Waals surface area contributed by atoms with Gasteiger partial charge in [0, 0.05) is 24.8 Å². The molecule has 1 atom stereocenters. The van der Waals surface area contributed by atoms with E-state index in [9.17, 15) is 14.4 Å². The molecule has 0 saturated carbocycles. The minimum Gasteiger partial charge on any atom is -0.481 e. The number of aliphatic carboxylic acids is 1. The summed E-state index contributed by atoms with van der Waals surface area (Å²) in [5.74, 6) is -0.954. The maximum Gasteiger partial charge on any atom is 0.407 e. The van der Waals surface area contributed by atoms with Crippen LogP contribution in [0.5, 0.6) is 0 Å². The maximum atomic E-state index is 12.7. The van der Waals surface area contributed by atoms with Gasteiger partial charge >= 0.3 is 12.1 Å². The summed E-state index contributed by atoms with van der Waals surface area (Å²) >= 11 is 1.25. The molecule has 3 N–H and O–H groups in total. The highest BCUT2D eigenvalue weighted by molar-refractivity contribution is 7.99. The third kappa shape index (κ3) is 7.75. The molecule has 1 aliphatic carbocycles. The van der Waals surface area contributed by atoms with Gasteiger partial charge in [0.05, 0.1) is 11.7 Å². The Morgan fingerprint density at radius 1 is 1.00 bits per heavy atom. The number of rotatable bonds is 11. The van der Waals surface area contributed by atoms with Gasteiger partial charge in [0.15, 0.2) is 0 Å². The second kappa shape index (κ2) is 12.1. The van der Waals surface area contributed by atoms with E-state index in [1.807, 2.05) is 45.0 Å². The zero-order chi connectivity index (χ0) is 25.4. The second-order valence-electron chi connectivity index (χ2n) is 9.91. The summed E-state index contributed by atoms with van der Waals surface area (Å²) in [5.41, 5.74) is 4.52. The lowest BCUT2D eigenvalue weighted by Gasteiger charge is -2.25. The van der Waals surface area contributed by atoms with Gasteiger partial charge in [-0.15, -0.1) is 11.8 Å². The summed E-state index contributed by atoms with van der Waals surface area (Å²) in [6.45, 7) is 6.90. The van der Waals surface area contributed by atoms with Crippen molar-refractivity contribution >= 4 is 29.7 Å². The lowest BCUT2D eigenvalue weighted by atomic mass is 9.84. The fourth-order valence-electron chi connectivity index (χ4n) is 4.40. The van der Waals surface area contributed by atoms with Crippen LogP contribution in [-0.4, -0.2) is 54.3 Å². The van der Waals surface area contributed by atoms with E-state index in [4.69, 9.17) is 9.84 Å². The number of ether oxygens (including phenoxy) is 1. The third-order valence-electron chi connectivity index (χ3n) is 5.84. The highest BCUT2D eigenvalue weighted by Crippen LogP contribution is 2.44. The number of carbonyl (C=O) groups excluding carboxylic acids is 2. The third-order valence-corrected chi connectivity index (χ3v) is 6.78. The predicted molar refractivity (Wildman–Crippen MR) is 139 cm³/mol. The van der Waals surface area contributed by atoms with E-state index in [0.29, 0.717) is 18.7 Å². The average Bonchev–Trinajstić information content (AvgIpc) is 3.13. The largest absolute Gasteiger partial charge is 0.481 e. The number of thioether (sulfide) groups is 1. The quantitative estimate of drug-likeness (QED) is 0.394. The van der Waals surface area contributed by atoms with Crippen LogP contribution in [0.1, 0.15) is 44.2 Å². The summed E-state index contributed by atoms with van der Waals surface area (Å²) in [4.78, 5) is 35.9. The summed E-state index contributed by atoms with van der Waals surface area (Å²) in [6, 6.07) is 16.3. The Morgan fingerprint density at radius 3 is 2.17 bits per heavy atom. The van der Waals surface area contributed by atoms with Gasteiger partial charge in [-0.3, -0.25) is 9.59 Å². The SMILES string of the molecule is CC(C)(C)CC(CNC(=O)OCC1c2ccccc2-c2ccccc21)C(=O)NCCSCC(=O)O. The minimum absolute atomic E-state index is 0.00459. The Balaban J connectivity index is 1.53. The average molecular weight is 499 g/mol. The van der Waals surface area contributed by atoms with Crippen LogP contribution in [0.3, 0.4) is 0 Å². The molecule has 0 radical (unpaired) electrons. The molecule has 188 valence electrons. The van der Waals surface area contributed by atoms with Crippen molar-refractivity contribution in [2.24, 2.45) is 11.3 Å². The molecule has 2 amide bonds. The second-order valence-corrected chi connectivity index (χ2v) is 11.0. The van der Waals surface area contributed by atoms with Gasteiger partial charge in [-0.05, 0) is 34.1 Å². The van der Waals surface area contributed by atoms with E-state index in [1.54, 1.807) is 0 Å². The topological polar surface area (TPSA) is 105 Å². The van der Waals surface area contributed by atoms with E-state index in [2.05, 4.69) is 34.9 Å². The lowest BCUT2D eigenvalue weighted by molar-refractivity contribution is -0.134. The molecule has 0 heterocycles. The molecule has 1 unspecified atom stereocenters. The summed E-state index contributed by atoms with van der Waals surface area (Å²) in [5, 5.41) is 14.3. The first-order valence-corrected chi connectivity index (χ1v) is 13.0. The number of nitrogens with one attached hydrogen (secondary N) is 2. The number of carbonyl (C=O) groups is 3. The van der Waals surface area contributed by atoms with Crippen LogP contribution < -0.4 is 10.6 Å². The van der Waals surface area contributed by atoms with Crippen LogP contribution in [0.15, 0.2) is 48.5 Å². The molecule has 0 saturated heterocycles. The number of alkyl carbamates (subject to hydrolysis) is 1. The summed E-state index contributed by atoms with van der Waals surface area (Å²) < 4.78 is 5.59. The Morgan fingerprint density at radius 2 is 1.60 bits per heavy atom. The van der Waals surface area contributed by atoms with Crippen LogP contribution in [-0.2, 0) is 14.3 Å². The lowest BCUT2D eigenvalue weighted by Crippen LogP contribution is -2.41. The Bertz CT molecular complexity index is 1000. The molecule has 1 aliphatic rings. The number of fused-ring (bicyclic) bond motifs is 3. The molecule has 0 aliphatic heterocycles. The predicted octanol–water partition coefficient (Wildman–Crippen LogP) is 4.51. The fraction of sp³-hybridized carbons (Fsp3) is 0.444. The zero-order valence-electron chi connectivity index (χ0n) is 20.5. The van der Waals surface area contributed by atoms with Gasteiger partial charge < -0.3 is 20.5 Å². The molecule has 35 heavy (non-hydrogen) atoms. The summed E-state index contributed by atoms with van der Waals surface area (Å²) in [7, 11) is 0. The van der Waals surface area contributed by atoms with Gasteiger partial charge in [0.25, 0.3) is 0 Å². The zero-order valence-corrected chi connectivity index (χ0v) is 21.3. The van der Waals surface area contributed by atoms with Crippen molar-refractivity contribution in [3.63, 3.8) is 0 Å². The standard InChI is InChI=1S/C27H34N2O5S/c1-27(2,3)14-18(25(32)28-12-13-35-17-24(30)31)15-29-26(33)34-16-23-21-10-6-4-8-19(21)20-9-5-7-11-22(20)23/h4-11,18,23H,12-17H2,1-3H3,(H,28,32)(H,29,33)(H,30,31).